The smallest absolute Gasteiger partial charge is 0.203 e. The van der Waals surface area contributed by atoms with Crippen LogP contribution in [0.5, 0.6) is 23.0 Å². The van der Waals surface area contributed by atoms with Gasteiger partial charge in [-0.25, -0.2) is 4.98 Å². The van der Waals surface area contributed by atoms with Crippen LogP contribution in [0.15, 0.2) is 39.7 Å². The number of nitrogens with one attached hydrogen (secondary N) is 1. The van der Waals surface area contributed by atoms with Crippen molar-refractivity contribution in [2.75, 3.05) is 20.3 Å². The summed E-state index contributed by atoms with van der Waals surface area (Å²) < 4.78 is 24.9. The summed E-state index contributed by atoms with van der Waals surface area (Å²) in [6.45, 7) is 0.880. The van der Waals surface area contributed by atoms with Gasteiger partial charge < -0.3 is 28.8 Å². The Balaban J connectivity index is 1.79. The second-order valence-electron chi connectivity index (χ2n) is 7.35. The molecule has 0 amide bonds. The lowest BCUT2D eigenvalue weighted by atomic mass is 10.0. The number of fused-ring (bicyclic) bond motifs is 5. The van der Waals surface area contributed by atoms with Crippen LogP contribution in [0.3, 0.4) is 0 Å². The molecule has 0 atom stereocenters. The van der Waals surface area contributed by atoms with Gasteiger partial charge >= 0.3 is 0 Å². The highest BCUT2D eigenvalue weighted by molar-refractivity contribution is 6.16. The Hall–Kier alpha value is -4.14. The zero-order chi connectivity index (χ0) is 21.3. The molecule has 0 radical (unpaired) electrons. The molecule has 0 unspecified atom stereocenters. The van der Waals surface area contributed by atoms with E-state index in [1.807, 2.05) is 25.4 Å². The molecule has 31 heavy (non-hydrogen) atoms. The predicted octanol–water partition coefficient (Wildman–Crippen LogP) is 3.31. The Bertz CT molecular complexity index is 1560. The standard InChI is InChI=1S/C22H17N3O6/c1-25-22-12(9-23-25)17(10-5-15(28-2)20-16(6-10)29-3-4-30-20)21-19(24-22)18-13(27)7-11(26)8-14(18)31-21/h5-9,23,27H,3-4H2,1-2H3. The van der Waals surface area contributed by atoms with Gasteiger partial charge in [0.25, 0.3) is 0 Å². The summed E-state index contributed by atoms with van der Waals surface area (Å²) in [5, 5.41) is 14.8. The number of phenolic OH excluding ortho intramolecular Hbond substituents is 1. The van der Waals surface area contributed by atoms with E-state index in [1.165, 1.54) is 6.07 Å². The third kappa shape index (κ3) is 2.43. The summed E-state index contributed by atoms with van der Waals surface area (Å²) in [6, 6.07) is 6.22. The number of nitrogens with zero attached hydrogens (tertiary/aromatic N) is 2. The number of benzene rings is 2. The van der Waals surface area contributed by atoms with Gasteiger partial charge in [0, 0.05) is 36.3 Å². The highest BCUT2D eigenvalue weighted by atomic mass is 16.6. The van der Waals surface area contributed by atoms with Gasteiger partial charge in [0.05, 0.1) is 12.5 Å². The molecule has 0 aliphatic carbocycles. The van der Waals surface area contributed by atoms with E-state index in [1.54, 1.807) is 11.8 Å². The number of furan rings is 1. The molecule has 0 saturated carbocycles. The molecule has 0 bridgehead atoms. The highest BCUT2D eigenvalue weighted by Gasteiger charge is 2.25. The fourth-order valence-corrected chi connectivity index (χ4v) is 4.16. The molecule has 2 N–H and O–H groups in total. The molecule has 4 heterocycles. The Morgan fingerprint density at radius 3 is 2.87 bits per heavy atom. The van der Waals surface area contributed by atoms with Crippen molar-refractivity contribution in [3.63, 3.8) is 0 Å². The molecule has 0 saturated heterocycles. The van der Waals surface area contributed by atoms with E-state index in [2.05, 4.69) is 5.10 Å². The number of hydrogen-bond donors (Lipinski definition) is 2. The largest absolute Gasteiger partial charge is 0.507 e. The minimum Gasteiger partial charge on any atom is -0.507 e. The molecule has 1 aliphatic rings. The van der Waals surface area contributed by atoms with E-state index in [0.29, 0.717) is 52.6 Å². The number of aromatic amines is 1. The van der Waals surface area contributed by atoms with Crippen LogP contribution in [-0.2, 0) is 7.05 Å². The van der Waals surface area contributed by atoms with Gasteiger partial charge in [-0.1, -0.05) is 0 Å². The molecule has 9 nitrogen and oxygen atoms in total. The number of hydrogen-bond acceptors (Lipinski definition) is 7. The number of rotatable bonds is 2. The van der Waals surface area contributed by atoms with Crippen molar-refractivity contribution in [1.82, 2.24) is 14.8 Å². The summed E-state index contributed by atoms with van der Waals surface area (Å²) in [5.74, 6) is 1.49. The average molecular weight is 419 g/mol. The van der Waals surface area contributed by atoms with Crippen molar-refractivity contribution in [3.05, 3.63) is 40.7 Å². The number of aryl methyl sites for hydroxylation is 1. The van der Waals surface area contributed by atoms with Gasteiger partial charge in [-0.05, 0) is 17.7 Å². The fraction of sp³-hybridized carbons (Fsp3) is 0.182. The molecule has 9 heteroatoms. The molecule has 5 aromatic rings. The summed E-state index contributed by atoms with van der Waals surface area (Å²) in [4.78, 5) is 16.6. The van der Waals surface area contributed by atoms with E-state index in [9.17, 15) is 9.90 Å². The topological polar surface area (TPSA) is 112 Å². The van der Waals surface area contributed by atoms with E-state index < -0.39 is 0 Å². The van der Waals surface area contributed by atoms with Crippen molar-refractivity contribution in [2.24, 2.45) is 7.05 Å². The predicted molar refractivity (Wildman–Crippen MR) is 113 cm³/mol. The Morgan fingerprint density at radius 1 is 1.19 bits per heavy atom. The summed E-state index contributed by atoms with van der Waals surface area (Å²) in [5.41, 5.74) is 2.99. The fourth-order valence-electron chi connectivity index (χ4n) is 4.16. The van der Waals surface area contributed by atoms with Crippen molar-refractivity contribution in [3.8, 4) is 34.1 Å². The molecule has 156 valence electrons. The van der Waals surface area contributed by atoms with Crippen LogP contribution in [0.25, 0.3) is 44.2 Å². The second kappa shape index (κ2) is 6.18. The van der Waals surface area contributed by atoms with Crippen LogP contribution >= 0.6 is 0 Å². The summed E-state index contributed by atoms with van der Waals surface area (Å²) in [7, 11) is 3.41. The maximum Gasteiger partial charge on any atom is 0.203 e. The zero-order valence-corrected chi connectivity index (χ0v) is 16.7. The van der Waals surface area contributed by atoms with Crippen molar-refractivity contribution >= 4 is 33.1 Å². The number of ether oxygens (including phenoxy) is 3. The van der Waals surface area contributed by atoms with Crippen LogP contribution in [0.2, 0.25) is 0 Å². The number of methoxy groups -OCH3 is 1. The number of aromatic hydroxyl groups is 1. The first kappa shape index (κ1) is 17.7. The maximum atomic E-state index is 11.9. The Labute approximate surface area is 174 Å². The minimum absolute atomic E-state index is 0.169. The van der Waals surface area contributed by atoms with Gasteiger partial charge in [0.2, 0.25) is 5.75 Å². The van der Waals surface area contributed by atoms with Gasteiger partial charge in [-0.15, -0.1) is 0 Å². The number of pyridine rings is 1. The highest BCUT2D eigenvalue weighted by Crippen LogP contribution is 2.47. The molecule has 0 fully saturated rings. The number of phenols is 1. The monoisotopic (exact) mass is 419 g/mol. The van der Waals surface area contributed by atoms with Crippen LogP contribution in [-0.4, -0.2) is 40.2 Å². The lowest BCUT2D eigenvalue weighted by Crippen LogP contribution is -2.16. The quantitative estimate of drug-likeness (QED) is 0.451. The first-order valence-electron chi connectivity index (χ1n) is 9.66. The Kier molecular flexibility index (Phi) is 3.53. The van der Waals surface area contributed by atoms with Crippen molar-refractivity contribution in [1.29, 1.82) is 0 Å². The van der Waals surface area contributed by atoms with Crippen LogP contribution in [0, 0.1) is 0 Å². The van der Waals surface area contributed by atoms with E-state index >= 15 is 0 Å². The SMILES string of the molecule is COc1cc(-c2c3c[nH]n(C)c3nc3c2oc2cc(=O)cc(O)c23)cc2c1OCCO2. The molecular formula is C22H17N3O6. The van der Waals surface area contributed by atoms with Gasteiger partial charge in [-0.3, -0.25) is 9.48 Å². The van der Waals surface area contributed by atoms with Crippen LogP contribution in [0.4, 0.5) is 0 Å². The van der Waals surface area contributed by atoms with Gasteiger partial charge in [-0.2, -0.15) is 0 Å². The first-order valence-corrected chi connectivity index (χ1v) is 9.66. The zero-order valence-electron chi connectivity index (χ0n) is 16.7. The summed E-state index contributed by atoms with van der Waals surface area (Å²) >= 11 is 0. The number of aromatic nitrogens is 3. The first-order chi connectivity index (χ1) is 15.0. The molecule has 1 aliphatic heterocycles. The molecule has 3 aromatic heterocycles. The van der Waals surface area contributed by atoms with Crippen LogP contribution < -0.4 is 19.6 Å². The van der Waals surface area contributed by atoms with E-state index in [-0.39, 0.29) is 16.8 Å². The Morgan fingerprint density at radius 2 is 2.03 bits per heavy atom. The number of H-pyrrole nitrogens is 1. The van der Waals surface area contributed by atoms with Gasteiger partial charge in [0.1, 0.15) is 30.1 Å². The summed E-state index contributed by atoms with van der Waals surface area (Å²) in [6.07, 6.45) is 1.83. The van der Waals surface area contributed by atoms with Gasteiger partial charge in [0.15, 0.2) is 28.2 Å². The second-order valence-corrected chi connectivity index (χ2v) is 7.35. The third-order valence-corrected chi connectivity index (χ3v) is 5.51. The minimum atomic E-state index is -0.343. The average Bonchev–Trinajstić information content (AvgIpc) is 3.31. The van der Waals surface area contributed by atoms with E-state index in [0.717, 1.165) is 22.6 Å². The normalized spacial score (nSPS) is 13.4. The van der Waals surface area contributed by atoms with Crippen LogP contribution in [0.1, 0.15) is 0 Å². The lowest BCUT2D eigenvalue weighted by Gasteiger charge is -2.21. The molecule has 0 spiro atoms. The van der Waals surface area contributed by atoms with Crippen molar-refractivity contribution < 1.29 is 23.7 Å². The third-order valence-electron chi connectivity index (χ3n) is 5.51. The lowest BCUT2D eigenvalue weighted by molar-refractivity contribution is 0.165. The molecular weight excluding hydrogens is 402 g/mol. The molecule has 2 aromatic carbocycles. The van der Waals surface area contributed by atoms with E-state index in [4.69, 9.17) is 23.6 Å². The van der Waals surface area contributed by atoms with Crippen molar-refractivity contribution in [2.45, 2.75) is 0 Å². The maximum absolute atomic E-state index is 11.9. The molecule has 6 rings (SSSR count).